The van der Waals surface area contributed by atoms with E-state index in [2.05, 4.69) is 0 Å². The topological polar surface area (TPSA) is 61.5 Å². The minimum absolute atomic E-state index is 0.0243. The number of hydrogen-bond donors (Lipinski definition) is 1. The lowest BCUT2D eigenvalue weighted by Gasteiger charge is -2.34. The van der Waals surface area contributed by atoms with Gasteiger partial charge in [-0.05, 0) is 26.2 Å². The summed E-state index contributed by atoms with van der Waals surface area (Å²) in [5, 5.41) is 0. The first kappa shape index (κ1) is 12.5. The Morgan fingerprint density at radius 3 is 2.60 bits per heavy atom. The third kappa shape index (κ3) is 2.92. The first-order valence-corrected chi connectivity index (χ1v) is 5.63. The smallest absolute Gasteiger partial charge is 0.313 e. The van der Waals surface area contributed by atoms with Crippen molar-refractivity contribution in [2.75, 3.05) is 19.8 Å². The molecule has 0 aliphatic carbocycles. The number of carbonyl (C=O) groups is 1. The van der Waals surface area contributed by atoms with Crippen LogP contribution in [0.4, 0.5) is 0 Å². The number of esters is 1. The van der Waals surface area contributed by atoms with E-state index in [1.54, 1.807) is 0 Å². The molecule has 1 aliphatic rings. The van der Waals surface area contributed by atoms with Gasteiger partial charge in [-0.2, -0.15) is 0 Å². The fourth-order valence-electron chi connectivity index (χ4n) is 1.64. The van der Waals surface area contributed by atoms with E-state index in [1.807, 2.05) is 13.8 Å². The molecule has 1 saturated heterocycles. The number of carbonyl (C=O) groups excluding carboxylic acids is 1. The second kappa shape index (κ2) is 5.47. The molecule has 0 aromatic carbocycles. The molecule has 0 saturated carbocycles. The Morgan fingerprint density at radius 2 is 2.13 bits per heavy atom. The molecule has 0 amide bonds. The molecule has 2 N–H and O–H groups in total. The largest absolute Gasteiger partial charge is 0.462 e. The van der Waals surface area contributed by atoms with Crippen molar-refractivity contribution in [3.05, 3.63) is 0 Å². The lowest BCUT2D eigenvalue weighted by atomic mass is 9.80. The van der Waals surface area contributed by atoms with Gasteiger partial charge in [0.2, 0.25) is 0 Å². The van der Waals surface area contributed by atoms with Crippen LogP contribution in [0.15, 0.2) is 0 Å². The summed E-state index contributed by atoms with van der Waals surface area (Å²) in [7, 11) is 0. The van der Waals surface area contributed by atoms with Crippen molar-refractivity contribution in [3.63, 3.8) is 0 Å². The monoisotopic (exact) mass is 215 g/mol. The third-order valence-corrected chi connectivity index (χ3v) is 3.16. The minimum Gasteiger partial charge on any atom is -0.462 e. The molecule has 1 heterocycles. The van der Waals surface area contributed by atoms with Crippen LogP contribution >= 0.6 is 0 Å². The lowest BCUT2D eigenvalue weighted by molar-refractivity contribution is -0.165. The van der Waals surface area contributed by atoms with Gasteiger partial charge >= 0.3 is 5.97 Å². The van der Waals surface area contributed by atoms with Crippen LogP contribution in [-0.2, 0) is 14.3 Å². The molecule has 1 rings (SSSR count). The summed E-state index contributed by atoms with van der Waals surface area (Å²) >= 11 is 0. The first-order valence-electron chi connectivity index (χ1n) is 5.63. The second-order valence-electron chi connectivity index (χ2n) is 4.22. The van der Waals surface area contributed by atoms with Crippen molar-refractivity contribution >= 4 is 5.97 Å². The van der Waals surface area contributed by atoms with Gasteiger partial charge in [0.1, 0.15) is 0 Å². The second-order valence-corrected chi connectivity index (χ2v) is 4.22. The van der Waals surface area contributed by atoms with Crippen LogP contribution in [0.5, 0.6) is 0 Å². The van der Waals surface area contributed by atoms with Gasteiger partial charge in [0.05, 0.1) is 11.5 Å². The van der Waals surface area contributed by atoms with Gasteiger partial charge in [0, 0.05) is 19.8 Å². The predicted molar refractivity (Wildman–Crippen MR) is 57.4 cm³/mol. The van der Waals surface area contributed by atoms with Crippen molar-refractivity contribution in [2.24, 2.45) is 11.1 Å². The first-order chi connectivity index (χ1) is 7.14. The molecular formula is C11H21NO3. The van der Waals surface area contributed by atoms with Gasteiger partial charge in [0.15, 0.2) is 0 Å². The summed E-state index contributed by atoms with van der Waals surface area (Å²) < 4.78 is 10.6. The van der Waals surface area contributed by atoms with Crippen molar-refractivity contribution < 1.29 is 14.3 Å². The van der Waals surface area contributed by atoms with E-state index in [1.165, 1.54) is 0 Å². The standard InChI is InChI=1S/C11H21NO3/c1-3-9(2)15-10(13)11(8-12)4-6-14-7-5-11/h9H,3-8,12H2,1-2H3. The van der Waals surface area contributed by atoms with Crippen LogP contribution in [0.1, 0.15) is 33.1 Å². The van der Waals surface area contributed by atoms with E-state index >= 15 is 0 Å². The normalized spacial score (nSPS) is 22.1. The Labute approximate surface area is 91.1 Å². The Bertz CT molecular complexity index is 212. The van der Waals surface area contributed by atoms with E-state index in [9.17, 15) is 4.79 Å². The highest BCUT2D eigenvalue weighted by Gasteiger charge is 2.40. The number of ether oxygens (including phenoxy) is 2. The summed E-state index contributed by atoms with van der Waals surface area (Å²) in [5.41, 5.74) is 5.20. The number of hydrogen-bond acceptors (Lipinski definition) is 4. The van der Waals surface area contributed by atoms with E-state index in [0.717, 1.165) is 6.42 Å². The molecule has 1 atom stereocenters. The SMILES string of the molecule is CCC(C)OC(=O)C1(CN)CCOCC1. The van der Waals surface area contributed by atoms with E-state index in [-0.39, 0.29) is 12.1 Å². The average Bonchev–Trinajstić information content (AvgIpc) is 2.29. The van der Waals surface area contributed by atoms with E-state index in [0.29, 0.717) is 32.6 Å². The molecule has 4 heteroatoms. The van der Waals surface area contributed by atoms with Gasteiger partial charge < -0.3 is 15.2 Å². The maximum atomic E-state index is 12.0. The van der Waals surface area contributed by atoms with Crippen molar-refractivity contribution in [2.45, 2.75) is 39.2 Å². The summed E-state index contributed by atoms with van der Waals surface area (Å²) in [4.78, 5) is 12.0. The highest BCUT2D eigenvalue weighted by Crippen LogP contribution is 2.31. The fourth-order valence-corrected chi connectivity index (χ4v) is 1.64. The predicted octanol–water partition coefficient (Wildman–Crippen LogP) is 1.08. The van der Waals surface area contributed by atoms with Gasteiger partial charge in [-0.25, -0.2) is 0 Å². The average molecular weight is 215 g/mol. The highest BCUT2D eigenvalue weighted by atomic mass is 16.5. The van der Waals surface area contributed by atoms with Crippen LogP contribution < -0.4 is 5.73 Å². The Balaban J connectivity index is 2.59. The zero-order valence-electron chi connectivity index (χ0n) is 9.62. The van der Waals surface area contributed by atoms with Crippen LogP contribution in [0, 0.1) is 5.41 Å². The summed E-state index contributed by atoms with van der Waals surface area (Å²) in [6, 6.07) is 0. The van der Waals surface area contributed by atoms with Crippen molar-refractivity contribution in [1.82, 2.24) is 0 Å². The van der Waals surface area contributed by atoms with Gasteiger partial charge in [-0.3, -0.25) is 4.79 Å². The summed E-state index contributed by atoms with van der Waals surface area (Å²) in [6.07, 6.45) is 2.17. The Kier molecular flexibility index (Phi) is 4.54. The van der Waals surface area contributed by atoms with E-state index in [4.69, 9.17) is 15.2 Å². The fraction of sp³-hybridized carbons (Fsp3) is 0.909. The molecule has 15 heavy (non-hydrogen) atoms. The van der Waals surface area contributed by atoms with Crippen molar-refractivity contribution in [3.8, 4) is 0 Å². The maximum absolute atomic E-state index is 12.0. The van der Waals surface area contributed by atoms with Gasteiger partial charge in [0.25, 0.3) is 0 Å². The molecule has 1 fully saturated rings. The lowest BCUT2D eigenvalue weighted by Crippen LogP contribution is -2.45. The zero-order valence-corrected chi connectivity index (χ0v) is 9.62. The quantitative estimate of drug-likeness (QED) is 0.713. The molecule has 1 aliphatic heterocycles. The molecule has 4 nitrogen and oxygen atoms in total. The molecule has 88 valence electrons. The Hall–Kier alpha value is -0.610. The van der Waals surface area contributed by atoms with E-state index < -0.39 is 5.41 Å². The van der Waals surface area contributed by atoms with Crippen LogP contribution in [0.25, 0.3) is 0 Å². The number of nitrogens with two attached hydrogens (primary N) is 1. The van der Waals surface area contributed by atoms with Gasteiger partial charge in [-0.1, -0.05) is 6.92 Å². The molecule has 0 radical (unpaired) electrons. The molecular weight excluding hydrogens is 194 g/mol. The molecule has 0 aromatic rings. The van der Waals surface area contributed by atoms with Gasteiger partial charge in [-0.15, -0.1) is 0 Å². The maximum Gasteiger partial charge on any atom is 0.313 e. The minimum atomic E-state index is -0.498. The highest BCUT2D eigenvalue weighted by molar-refractivity contribution is 5.77. The molecule has 0 aromatic heterocycles. The van der Waals surface area contributed by atoms with Crippen molar-refractivity contribution in [1.29, 1.82) is 0 Å². The Morgan fingerprint density at radius 1 is 1.53 bits per heavy atom. The summed E-state index contributed by atoms with van der Waals surface area (Å²) in [6.45, 7) is 5.46. The molecule has 0 bridgehead atoms. The number of rotatable bonds is 4. The molecule has 1 unspecified atom stereocenters. The van der Waals surface area contributed by atoms with Crippen LogP contribution in [-0.4, -0.2) is 31.8 Å². The third-order valence-electron chi connectivity index (χ3n) is 3.16. The molecule has 0 spiro atoms. The summed E-state index contributed by atoms with van der Waals surface area (Å²) in [5.74, 6) is -0.150. The van der Waals surface area contributed by atoms with Crippen LogP contribution in [0.2, 0.25) is 0 Å². The van der Waals surface area contributed by atoms with Crippen LogP contribution in [0.3, 0.4) is 0 Å². The zero-order chi connectivity index (χ0) is 11.3.